The molecular weight excluding hydrogens is 314 g/mol. The Morgan fingerprint density at radius 1 is 1.25 bits per heavy atom. The first kappa shape index (κ1) is 17.8. The van der Waals surface area contributed by atoms with Gasteiger partial charge >= 0.3 is 5.97 Å². The lowest BCUT2D eigenvalue weighted by Crippen LogP contribution is -2.34. The third-order valence-electron chi connectivity index (χ3n) is 3.25. The Morgan fingerprint density at radius 2 is 1.88 bits per heavy atom. The minimum absolute atomic E-state index is 0.0340. The number of carbonyl (C=O) groups is 1. The Bertz CT molecular complexity index is 739. The van der Waals surface area contributed by atoms with E-state index in [2.05, 4.69) is 9.97 Å². The molecule has 0 fully saturated rings. The van der Waals surface area contributed by atoms with Gasteiger partial charge in [-0.05, 0) is 26.0 Å². The first-order valence-corrected chi connectivity index (χ1v) is 7.55. The second-order valence-electron chi connectivity index (χ2n) is 4.79. The van der Waals surface area contributed by atoms with Crippen molar-refractivity contribution in [2.45, 2.75) is 26.7 Å². The molecule has 0 unspecified atom stereocenters. The van der Waals surface area contributed by atoms with Crippen LogP contribution in [0.1, 0.15) is 24.2 Å². The number of carboxylic acid groups (broad SMARTS) is 1. The summed E-state index contributed by atoms with van der Waals surface area (Å²) in [5.74, 6) is -0.997. The van der Waals surface area contributed by atoms with Crippen LogP contribution in [0.5, 0.6) is 0 Å². The molecule has 24 heavy (non-hydrogen) atoms. The molecule has 2 aromatic rings. The van der Waals surface area contributed by atoms with Crippen LogP contribution in [0.15, 0.2) is 35.5 Å². The molecule has 0 bridgehead atoms. The van der Waals surface area contributed by atoms with Gasteiger partial charge in [0.05, 0.1) is 6.54 Å². The van der Waals surface area contributed by atoms with Crippen LogP contribution in [0.4, 0.5) is 0 Å². The van der Waals surface area contributed by atoms with Crippen LogP contribution in [0.2, 0.25) is 0 Å². The summed E-state index contributed by atoms with van der Waals surface area (Å²) >= 11 is 0. The van der Waals surface area contributed by atoms with E-state index in [0.717, 1.165) is 6.20 Å². The van der Waals surface area contributed by atoms with Gasteiger partial charge in [0.2, 0.25) is 0 Å². The average molecular weight is 333 g/mol. The number of hydrogen-bond donors (Lipinski definition) is 1. The van der Waals surface area contributed by atoms with Crippen molar-refractivity contribution in [2.24, 2.45) is 0 Å². The van der Waals surface area contributed by atoms with Crippen LogP contribution in [-0.4, -0.2) is 45.1 Å². The van der Waals surface area contributed by atoms with E-state index >= 15 is 0 Å². The Hall–Kier alpha value is -2.58. The zero-order chi connectivity index (χ0) is 17.5. The maximum Gasteiger partial charge on any atom is 0.342 e. The van der Waals surface area contributed by atoms with Crippen LogP contribution < -0.4 is 5.56 Å². The van der Waals surface area contributed by atoms with Crippen molar-refractivity contribution >= 4 is 5.97 Å². The summed E-state index contributed by atoms with van der Waals surface area (Å²) < 4.78 is 12.2. The van der Waals surface area contributed by atoms with Gasteiger partial charge in [0.15, 0.2) is 6.29 Å². The first-order chi connectivity index (χ1) is 11.6. The highest BCUT2D eigenvalue weighted by Gasteiger charge is 2.20. The summed E-state index contributed by atoms with van der Waals surface area (Å²) in [5.41, 5.74) is -0.418. The van der Waals surface area contributed by atoms with Gasteiger partial charge in [-0.25, -0.2) is 9.78 Å². The van der Waals surface area contributed by atoms with Crippen LogP contribution in [0.3, 0.4) is 0 Å². The van der Waals surface area contributed by atoms with Gasteiger partial charge in [0, 0.05) is 37.4 Å². The van der Waals surface area contributed by atoms with Gasteiger partial charge in [0.25, 0.3) is 5.56 Å². The molecule has 128 valence electrons. The molecule has 2 rings (SSSR count). The Kier molecular flexibility index (Phi) is 6.16. The molecule has 0 amide bonds. The molecule has 1 N–H and O–H groups in total. The zero-order valence-corrected chi connectivity index (χ0v) is 13.5. The molecule has 0 aliphatic heterocycles. The second-order valence-corrected chi connectivity index (χ2v) is 4.79. The standard InChI is InChI=1S/C16H19N3O5/c1-3-23-13(24-4-2)10-19-14(11-5-7-17-8-6-11)18-9-12(15(19)20)16(21)22/h5-9,13H,3-4,10H2,1-2H3,(H,21,22). The molecule has 0 saturated carbocycles. The number of ether oxygens (including phenoxy) is 2. The number of nitrogens with zero attached hydrogens (tertiary/aromatic N) is 3. The Balaban J connectivity index is 2.54. The molecule has 0 atom stereocenters. The van der Waals surface area contributed by atoms with E-state index in [4.69, 9.17) is 14.6 Å². The summed E-state index contributed by atoms with van der Waals surface area (Å²) in [6, 6.07) is 3.38. The molecule has 0 saturated heterocycles. The molecule has 8 nitrogen and oxygen atoms in total. The molecular formula is C16H19N3O5. The molecule has 0 aliphatic rings. The highest BCUT2D eigenvalue weighted by atomic mass is 16.7. The van der Waals surface area contributed by atoms with E-state index in [1.165, 1.54) is 4.57 Å². The van der Waals surface area contributed by atoms with Gasteiger partial charge in [-0.1, -0.05) is 0 Å². The van der Waals surface area contributed by atoms with Crippen LogP contribution >= 0.6 is 0 Å². The predicted molar refractivity (Wildman–Crippen MR) is 85.7 cm³/mol. The third kappa shape index (κ3) is 4.03. The second kappa shape index (κ2) is 8.32. The van der Waals surface area contributed by atoms with Crippen LogP contribution in [0, 0.1) is 0 Å². The minimum Gasteiger partial charge on any atom is -0.477 e. The summed E-state index contributed by atoms with van der Waals surface area (Å²) in [7, 11) is 0. The van der Waals surface area contributed by atoms with Crippen molar-refractivity contribution in [1.29, 1.82) is 0 Å². The van der Waals surface area contributed by atoms with E-state index in [1.807, 2.05) is 13.8 Å². The van der Waals surface area contributed by atoms with E-state index in [0.29, 0.717) is 24.6 Å². The number of rotatable bonds is 8. The van der Waals surface area contributed by atoms with Gasteiger partial charge in [-0.2, -0.15) is 0 Å². The molecule has 0 spiro atoms. The number of aromatic nitrogens is 3. The fourth-order valence-electron chi connectivity index (χ4n) is 2.21. The van der Waals surface area contributed by atoms with Crippen molar-refractivity contribution in [3.8, 4) is 11.4 Å². The molecule has 2 aromatic heterocycles. The molecule has 2 heterocycles. The van der Waals surface area contributed by atoms with E-state index in [9.17, 15) is 9.59 Å². The van der Waals surface area contributed by atoms with Gasteiger partial charge in [-0.3, -0.25) is 14.3 Å². The van der Waals surface area contributed by atoms with Crippen LogP contribution in [-0.2, 0) is 16.0 Å². The Labute approximate surface area is 138 Å². The lowest BCUT2D eigenvalue weighted by molar-refractivity contribution is -0.143. The van der Waals surface area contributed by atoms with Crippen molar-refractivity contribution < 1.29 is 19.4 Å². The zero-order valence-electron chi connectivity index (χ0n) is 13.5. The van der Waals surface area contributed by atoms with Crippen molar-refractivity contribution in [2.75, 3.05) is 13.2 Å². The summed E-state index contributed by atoms with van der Waals surface area (Å²) in [4.78, 5) is 31.9. The fraction of sp³-hybridized carbons (Fsp3) is 0.375. The van der Waals surface area contributed by atoms with Gasteiger partial charge in [0.1, 0.15) is 11.4 Å². The van der Waals surface area contributed by atoms with E-state index in [1.54, 1.807) is 24.5 Å². The SMILES string of the molecule is CCOC(Cn1c(-c2ccncc2)ncc(C(=O)O)c1=O)OCC. The Morgan fingerprint density at radius 3 is 2.42 bits per heavy atom. The van der Waals surface area contributed by atoms with Crippen molar-refractivity contribution in [3.05, 3.63) is 46.6 Å². The first-order valence-electron chi connectivity index (χ1n) is 7.55. The normalized spacial score (nSPS) is 11.0. The summed E-state index contributed by atoms with van der Waals surface area (Å²) in [6.07, 6.45) is 3.52. The molecule has 0 radical (unpaired) electrons. The average Bonchev–Trinajstić information content (AvgIpc) is 2.57. The number of carboxylic acids is 1. The maximum atomic E-state index is 12.6. The maximum absolute atomic E-state index is 12.6. The number of aromatic carboxylic acids is 1. The topological polar surface area (TPSA) is 104 Å². The van der Waals surface area contributed by atoms with E-state index in [-0.39, 0.29) is 6.54 Å². The monoisotopic (exact) mass is 333 g/mol. The largest absolute Gasteiger partial charge is 0.477 e. The summed E-state index contributed by atoms with van der Waals surface area (Å²) in [6.45, 7) is 4.45. The number of hydrogen-bond acceptors (Lipinski definition) is 6. The highest BCUT2D eigenvalue weighted by molar-refractivity contribution is 5.86. The van der Waals surface area contributed by atoms with Gasteiger partial charge < -0.3 is 14.6 Å². The van der Waals surface area contributed by atoms with Crippen molar-refractivity contribution in [1.82, 2.24) is 14.5 Å². The smallest absolute Gasteiger partial charge is 0.342 e. The highest BCUT2D eigenvalue weighted by Crippen LogP contribution is 2.15. The molecule has 0 aromatic carbocycles. The fourth-order valence-corrected chi connectivity index (χ4v) is 2.21. The van der Waals surface area contributed by atoms with Crippen LogP contribution in [0.25, 0.3) is 11.4 Å². The lowest BCUT2D eigenvalue weighted by atomic mass is 10.2. The summed E-state index contributed by atoms with van der Waals surface area (Å²) in [5, 5.41) is 9.17. The third-order valence-corrected chi connectivity index (χ3v) is 3.25. The quantitative estimate of drug-likeness (QED) is 0.728. The molecule has 0 aliphatic carbocycles. The van der Waals surface area contributed by atoms with Gasteiger partial charge in [-0.15, -0.1) is 0 Å². The van der Waals surface area contributed by atoms with E-state index < -0.39 is 23.4 Å². The number of pyridine rings is 1. The van der Waals surface area contributed by atoms with Crippen molar-refractivity contribution in [3.63, 3.8) is 0 Å². The predicted octanol–water partition coefficient (Wildman–Crippen LogP) is 1.40. The molecule has 8 heteroatoms. The minimum atomic E-state index is -1.33. The lowest BCUT2D eigenvalue weighted by Gasteiger charge is -2.20.